The summed E-state index contributed by atoms with van der Waals surface area (Å²) in [7, 11) is 1.62. The highest BCUT2D eigenvalue weighted by Crippen LogP contribution is 2.29. The highest BCUT2D eigenvalue weighted by molar-refractivity contribution is 5.85. The molecule has 6 heteroatoms. The van der Waals surface area contributed by atoms with Crippen LogP contribution in [0.25, 0.3) is 0 Å². The summed E-state index contributed by atoms with van der Waals surface area (Å²) in [4.78, 5) is 26.8. The van der Waals surface area contributed by atoms with E-state index in [1.165, 1.54) is 0 Å². The number of rotatable bonds is 8. The summed E-state index contributed by atoms with van der Waals surface area (Å²) < 4.78 is 10.4. The Kier molecular flexibility index (Phi) is 6.53. The number of carbonyl (C=O) groups is 2. The van der Waals surface area contributed by atoms with Crippen molar-refractivity contribution in [2.45, 2.75) is 45.0 Å². The van der Waals surface area contributed by atoms with Gasteiger partial charge in [0.1, 0.15) is 18.4 Å². The molecule has 1 aliphatic carbocycles. The summed E-state index contributed by atoms with van der Waals surface area (Å²) >= 11 is 0. The van der Waals surface area contributed by atoms with E-state index in [9.17, 15) is 9.59 Å². The molecule has 0 spiro atoms. The topological polar surface area (TPSA) is 67.9 Å². The molecule has 1 saturated carbocycles. The van der Waals surface area contributed by atoms with E-state index < -0.39 is 12.1 Å². The Labute approximate surface area is 165 Å². The zero-order chi connectivity index (χ0) is 19.9. The van der Waals surface area contributed by atoms with Crippen molar-refractivity contribution in [2.24, 2.45) is 0 Å². The summed E-state index contributed by atoms with van der Waals surface area (Å²) in [5, 5.41) is 2.64. The van der Waals surface area contributed by atoms with Gasteiger partial charge in [-0.1, -0.05) is 42.5 Å². The van der Waals surface area contributed by atoms with Gasteiger partial charge in [0.25, 0.3) is 0 Å². The second-order valence-electron chi connectivity index (χ2n) is 6.97. The van der Waals surface area contributed by atoms with Gasteiger partial charge in [0, 0.05) is 12.6 Å². The molecule has 0 bridgehead atoms. The molecular weight excluding hydrogens is 356 g/mol. The average molecular weight is 382 g/mol. The van der Waals surface area contributed by atoms with Crippen molar-refractivity contribution >= 4 is 12.0 Å². The first-order valence-corrected chi connectivity index (χ1v) is 9.47. The molecule has 2 aromatic carbocycles. The fraction of sp³-hybridized carbons (Fsp3) is 0.364. The zero-order valence-corrected chi connectivity index (χ0v) is 16.3. The third kappa shape index (κ3) is 5.49. The molecule has 1 unspecified atom stereocenters. The first kappa shape index (κ1) is 19.7. The van der Waals surface area contributed by atoms with Crippen LogP contribution in [0.1, 0.15) is 30.9 Å². The van der Waals surface area contributed by atoms with Gasteiger partial charge < -0.3 is 19.7 Å². The van der Waals surface area contributed by atoms with Crippen LogP contribution >= 0.6 is 0 Å². The standard InChI is InChI=1S/C22H26N2O4/c1-16(23-22(26)28-15-18-6-4-3-5-7-18)21(25)24(19-10-11-19)14-17-8-12-20(27-2)13-9-17/h3-9,12-13,16,19H,10-11,14-15H2,1-2H3,(H,23,26). The summed E-state index contributed by atoms with van der Waals surface area (Å²) in [5.74, 6) is 0.680. The third-order valence-electron chi connectivity index (χ3n) is 4.70. The number of benzene rings is 2. The molecule has 1 N–H and O–H groups in total. The van der Waals surface area contributed by atoms with Crippen molar-refractivity contribution in [3.8, 4) is 5.75 Å². The van der Waals surface area contributed by atoms with Crippen molar-refractivity contribution in [3.63, 3.8) is 0 Å². The molecule has 0 aliphatic heterocycles. The van der Waals surface area contributed by atoms with Gasteiger partial charge in [-0.3, -0.25) is 4.79 Å². The minimum Gasteiger partial charge on any atom is -0.497 e. The molecule has 2 amide bonds. The number of nitrogens with zero attached hydrogens (tertiary/aromatic N) is 1. The van der Waals surface area contributed by atoms with Crippen LogP contribution in [0.2, 0.25) is 0 Å². The molecule has 0 heterocycles. The van der Waals surface area contributed by atoms with E-state index in [2.05, 4.69) is 5.32 Å². The molecule has 0 radical (unpaired) electrons. The predicted molar refractivity (Wildman–Crippen MR) is 106 cm³/mol. The first-order chi connectivity index (χ1) is 13.6. The van der Waals surface area contributed by atoms with Crippen LogP contribution in [-0.2, 0) is 22.7 Å². The summed E-state index contributed by atoms with van der Waals surface area (Å²) in [6, 6.07) is 16.7. The molecule has 0 saturated heterocycles. The van der Waals surface area contributed by atoms with E-state index in [4.69, 9.17) is 9.47 Å². The molecule has 1 atom stereocenters. The van der Waals surface area contributed by atoms with Crippen molar-refractivity contribution < 1.29 is 19.1 Å². The maximum atomic E-state index is 12.9. The monoisotopic (exact) mass is 382 g/mol. The molecule has 28 heavy (non-hydrogen) atoms. The summed E-state index contributed by atoms with van der Waals surface area (Å²) in [6.45, 7) is 2.37. The molecule has 1 fully saturated rings. The number of carbonyl (C=O) groups excluding carboxylic acids is 2. The van der Waals surface area contributed by atoms with Crippen LogP contribution in [0.5, 0.6) is 5.75 Å². The van der Waals surface area contributed by atoms with E-state index >= 15 is 0 Å². The van der Waals surface area contributed by atoms with E-state index in [-0.39, 0.29) is 18.6 Å². The smallest absolute Gasteiger partial charge is 0.408 e. The van der Waals surface area contributed by atoms with Crippen LogP contribution in [-0.4, -0.2) is 36.1 Å². The maximum Gasteiger partial charge on any atom is 0.408 e. The first-order valence-electron chi connectivity index (χ1n) is 9.47. The molecule has 2 aromatic rings. The van der Waals surface area contributed by atoms with Gasteiger partial charge >= 0.3 is 6.09 Å². The minimum absolute atomic E-state index is 0.102. The van der Waals surface area contributed by atoms with Gasteiger partial charge in [-0.05, 0) is 43.0 Å². The van der Waals surface area contributed by atoms with Crippen molar-refractivity contribution in [3.05, 3.63) is 65.7 Å². The summed E-state index contributed by atoms with van der Waals surface area (Å²) in [5.41, 5.74) is 1.93. The fourth-order valence-corrected chi connectivity index (χ4v) is 2.95. The van der Waals surface area contributed by atoms with Crippen LogP contribution < -0.4 is 10.1 Å². The Morgan fingerprint density at radius 1 is 1.07 bits per heavy atom. The van der Waals surface area contributed by atoms with Crippen LogP contribution in [0, 0.1) is 0 Å². The minimum atomic E-state index is -0.651. The Morgan fingerprint density at radius 3 is 2.36 bits per heavy atom. The molecule has 3 rings (SSSR count). The highest BCUT2D eigenvalue weighted by atomic mass is 16.5. The van der Waals surface area contributed by atoms with Crippen LogP contribution in [0.15, 0.2) is 54.6 Å². The quantitative estimate of drug-likeness (QED) is 0.759. The molecule has 6 nitrogen and oxygen atoms in total. The number of ether oxygens (including phenoxy) is 2. The zero-order valence-electron chi connectivity index (χ0n) is 16.3. The number of nitrogens with one attached hydrogen (secondary N) is 1. The van der Waals surface area contributed by atoms with Crippen molar-refractivity contribution in [2.75, 3.05) is 7.11 Å². The predicted octanol–water partition coefficient (Wildman–Crippen LogP) is 3.50. The lowest BCUT2D eigenvalue weighted by atomic mass is 10.2. The molecular formula is C22H26N2O4. The summed E-state index contributed by atoms with van der Waals surface area (Å²) in [6.07, 6.45) is 1.39. The van der Waals surface area contributed by atoms with Gasteiger partial charge in [0.05, 0.1) is 7.11 Å². The number of amides is 2. The number of hydrogen-bond donors (Lipinski definition) is 1. The fourth-order valence-electron chi connectivity index (χ4n) is 2.95. The van der Waals surface area contributed by atoms with Gasteiger partial charge in [0.2, 0.25) is 5.91 Å². The van der Waals surface area contributed by atoms with Gasteiger partial charge in [-0.2, -0.15) is 0 Å². The average Bonchev–Trinajstić information content (AvgIpc) is 3.56. The lowest BCUT2D eigenvalue weighted by Crippen LogP contribution is -2.47. The number of methoxy groups -OCH3 is 1. The van der Waals surface area contributed by atoms with Crippen LogP contribution in [0.4, 0.5) is 4.79 Å². The number of alkyl carbamates (subject to hydrolysis) is 1. The molecule has 0 aromatic heterocycles. The Bertz CT molecular complexity index is 788. The largest absolute Gasteiger partial charge is 0.497 e. The van der Waals surface area contributed by atoms with Crippen LogP contribution in [0.3, 0.4) is 0 Å². The lowest BCUT2D eigenvalue weighted by molar-refractivity contribution is -0.134. The Hall–Kier alpha value is -3.02. The van der Waals surface area contributed by atoms with E-state index in [0.29, 0.717) is 6.54 Å². The Balaban J connectivity index is 1.54. The van der Waals surface area contributed by atoms with Crippen molar-refractivity contribution in [1.82, 2.24) is 10.2 Å². The maximum absolute atomic E-state index is 12.9. The second kappa shape index (κ2) is 9.26. The molecule has 1 aliphatic rings. The normalized spacial score (nSPS) is 14.1. The number of hydrogen-bond acceptors (Lipinski definition) is 4. The van der Waals surface area contributed by atoms with E-state index in [1.54, 1.807) is 14.0 Å². The highest BCUT2D eigenvalue weighted by Gasteiger charge is 2.35. The SMILES string of the molecule is COc1ccc(CN(C(=O)C(C)NC(=O)OCc2ccccc2)C2CC2)cc1. The van der Waals surface area contributed by atoms with Gasteiger partial charge in [0.15, 0.2) is 0 Å². The van der Waals surface area contributed by atoms with Gasteiger partial charge in [-0.25, -0.2) is 4.79 Å². The Morgan fingerprint density at radius 2 is 1.75 bits per heavy atom. The molecule has 148 valence electrons. The van der Waals surface area contributed by atoms with E-state index in [0.717, 1.165) is 29.7 Å². The van der Waals surface area contributed by atoms with Crippen molar-refractivity contribution in [1.29, 1.82) is 0 Å². The second-order valence-corrected chi connectivity index (χ2v) is 6.97. The van der Waals surface area contributed by atoms with E-state index in [1.807, 2.05) is 59.5 Å². The van der Waals surface area contributed by atoms with Gasteiger partial charge in [-0.15, -0.1) is 0 Å². The lowest BCUT2D eigenvalue weighted by Gasteiger charge is -2.26. The third-order valence-corrected chi connectivity index (χ3v) is 4.70.